The van der Waals surface area contributed by atoms with Crippen molar-refractivity contribution >= 4 is 17.3 Å². The predicted octanol–water partition coefficient (Wildman–Crippen LogP) is 0.445. The maximum absolute atomic E-state index is 11.2. The van der Waals surface area contributed by atoms with E-state index >= 15 is 0 Å². The lowest BCUT2D eigenvalue weighted by atomic mass is 10.1. The number of amides is 1. The molecule has 1 amide bonds. The Hall–Kier alpha value is -2.15. The molecule has 0 spiro atoms. The van der Waals surface area contributed by atoms with E-state index in [2.05, 4.69) is 9.80 Å². The van der Waals surface area contributed by atoms with Gasteiger partial charge in [-0.1, -0.05) is 0 Å². The van der Waals surface area contributed by atoms with Crippen molar-refractivity contribution in [2.45, 2.75) is 0 Å². The van der Waals surface area contributed by atoms with Crippen LogP contribution in [-0.2, 0) is 0 Å². The molecule has 19 heavy (non-hydrogen) atoms. The van der Waals surface area contributed by atoms with Crippen LogP contribution in [0.4, 0.5) is 11.4 Å². The molecule has 2 rings (SSSR count). The summed E-state index contributed by atoms with van der Waals surface area (Å²) in [6, 6.07) is 4.55. The number of anilines is 1. The molecule has 0 saturated carbocycles. The van der Waals surface area contributed by atoms with Gasteiger partial charge in [-0.15, -0.1) is 0 Å². The van der Waals surface area contributed by atoms with Gasteiger partial charge in [0.15, 0.2) is 0 Å². The number of nitro benzene ring substituents is 1. The Morgan fingerprint density at radius 3 is 2.47 bits per heavy atom. The third-order valence-corrected chi connectivity index (χ3v) is 3.31. The number of carbonyl (C=O) groups is 1. The van der Waals surface area contributed by atoms with Gasteiger partial charge in [0.25, 0.3) is 11.6 Å². The maximum Gasteiger partial charge on any atom is 0.284 e. The van der Waals surface area contributed by atoms with E-state index in [0.717, 1.165) is 31.9 Å². The van der Waals surface area contributed by atoms with E-state index in [1.54, 1.807) is 6.07 Å². The highest BCUT2D eigenvalue weighted by atomic mass is 16.6. The molecule has 1 fully saturated rings. The molecule has 1 aliphatic rings. The Bertz CT molecular complexity index is 510. The number of rotatable bonds is 3. The molecular formula is C12H16N4O3. The van der Waals surface area contributed by atoms with Crippen LogP contribution in [0.3, 0.4) is 0 Å². The standard InChI is InChI=1S/C12H16N4O3/c1-14-4-6-15(7-5-14)9-2-3-10(12(13)17)11(8-9)16(18)19/h2-3,8H,4-7H2,1H3,(H2,13,17). The predicted molar refractivity (Wildman–Crippen MR) is 71.3 cm³/mol. The number of nitro groups is 1. The molecule has 0 aliphatic carbocycles. The summed E-state index contributed by atoms with van der Waals surface area (Å²) in [6.45, 7) is 3.43. The molecule has 0 aromatic heterocycles. The van der Waals surface area contributed by atoms with Gasteiger partial charge in [-0.2, -0.15) is 0 Å². The van der Waals surface area contributed by atoms with Gasteiger partial charge in [0.1, 0.15) is 5.56 Å². The molecular weight excluding hydrogens is 248 g/mol. The van der Waals surface area contributed by atoms with Gasteiger partial charge in [-0.05, 0) is 19.2 Å². The van der Waals surface area contributed by atoms with Crippen molar-refractivity contribution < 1.29 is 9.72 Å². The van der Waals surface area contributed by atoms with Crippen LogP contribution in [0, 0.1) is 10.1 Å². The zero-order valence-electron chi connectivity index (χ0n) is 10.7. The van der Waals surface area contributed by atoms with Gasteiger partial charge in [0.05, 0.1) is 4.92 Å². The highest BCUT2D eigenvalue weighted by Crippen LogP contribution is 2.26. The smallest absolute Gasteiger partial charge is 0.284 e. The second-order valence-electron chi connectivity index (χ2n) is 4.61. The quantitative estimate of drug-likeness (QED) is 0.632. The summed E-state index contributed by atoms with van der Waals surface area (Å²) in [5.74, 6) is -0.781. The second kappa shape index (κ2) is 5.23. The van der Waals surface area contributed by atoms with E-state index in [0.29, 0.717) is 0 Å². The molecule has 7 heteroatoms. The Labute approximate surface area is 110 Å². The van der Waals surface area contributed by atoms with Gasteiger partial charge in [0.2, 0.25) is 0 Å². The largest absolute Gasteiger partial charge is 0.369 e. The summed E-state index contributed by atoms with van der Waals surface area (Å²) in [5, 5.41) is 11.0. The molecule has 0 bridgehead atoms. The molecule has 102 valence electrons. The third-order valence-electron chi connectivity index (χ3n) is 3.31. The lowest BCUT2D eigenvalue weighted by Gasteiger charge is -2.34. The zero-order chi connectivity index (χ0) is 14.0. The van der Waals surface area contributed by atoms with Crippen molar-refractivity contribution in [2.24, 2.45) is 5.73 Å². The molecule has 1 aromatic rings. The summed E-state index contributed by atoms with van der Waals surface area (Å²) in [7, 11) is 2.04. The molecule has 0 radical (unpaired) electrons. The molecule has 2 N–H and O–H groups in total. The van der Waals surface area contributed by atoms with Crippen molar-refractivity contribution in [3.05, 3.63) is 33.9 Å². The first-order valence-electron chi connectivity index (χ1n) is 6.01. The highest BCUT2D eigenvalue weighted by Gasteiger charge is 2.21. The molecule has 1 heterocycles. The van der Waals surface area contributed by atoms with Crippen LogP contribution in [0.25, 0.3) is 0 Å². The van der Waals surface area contributed by atoms with E-state index in [4.69, 9.17) is 5.73 Å². The minimum Gasteiger partial charge on any atom is -0.369 e. The fourth-order valence-corrected chi connectivity index (χ4v) is 2.14. The van der Waals surface area contributed by atoms with Gasteiger partial charge >= 0.3 is 0 Å². The fraction of sp³-hybridized carbons (Fsp3) is 0.417. The Morgan fingerprint density at radius 2 is 1.95 bits per heavy atom. The molecule has 1 saturated heterocycles. The zero-order valence-corrected chi connectivity index (χ0v) is 10.7. The number of likely N-dealkylation sites (N-methyl/N-ethyl adjacent to an activating group) is 1. The summed E-state index contributed by atoms with van der Waals surface area (Å²) in [6.07, 6.45) is 0. The summed E-state index contributed by atoms with van der Waals surface area (Å²) in [4.78, 5) is 25.8. The molecule has 0 unspecified atom stereocenters. The van der Waals surface area contributed by atoms with E-state index in [9.17, 15) is 14.9 Å². The number of nitrogens with two attached hydrogens (primary N) is 1. The minimum absolute atomic E-state index is 0.0529. The molecule has 1 aromatic carbocycles. The van der Waals surface area contributed by atoms with Crippen LogP contribution in [0.1, 0.15) is 10.4 Å². The molecule has 0 atom stereocenters. The Kier molecular flexibility index (Phi) is 3.66. The Balaban J connectivity index is 2.30. The number of hydrogen-bond acceptors (Lipinski definition) is 5. The lowest BCUT2D eigenvalue weighted by molar-refractivity contribution is -0.385. The van der Waals surface area contributed by atoms with E-state index in [-0.39, 0.29) is 11.3 Å². The SMILES string of the molecule is CN1CCN(c2ccc(C(N)=O)c([N+](=O)[O-])c2)CC1. The number of hydrogen-bond donors (Lipinski definition) is 1. The number of benzene rings is 1. The van der Waals surface area contributed by atoms with Crippen LogP contribution < -0.4 is 10.6 Å². The van der Waals surface area contributed by atoms with Crippen LogP contribution in [0.5, 0.6) is 0 Å². The van der Waals surface area contributed by atoms with E-state index in [1.165, 1.54) is 12.1 Å². The van der Waals surface area contributed by atoms with Gasteiger partial charge in [0, 0.05) is 37.9 Å². The van der Waals surface area contributed by atoms with Crippen LogP contribution in [0.15, 0.2) is 18.2 Å². The number of nitrogens with zero attached hydrogens (tertiary/aromatic N) is 3. The Morgan fingerprint density at radius 1 is 1.32 bits per heavy atom. The van der Waals surface area contributed by atoms with Crippen LogP contribution >= 0.6 is 0 Å². The fourth-order valence-electron chi connectivity index (χ4n) is 2.14. The van der Waals surface area contributed by atoms with Crippen molar-refractivity contribution in [3.8, 4) is 0 Å². The topological polar surface area (TPSA) is 92.7 Å². The third kappa shape index (κ3) is 2.82. The molecule has 7 nitrogen and oxygen atoms in total. The van der Waals surface area contributed by atoms with Crippen LogP contribution in [-0.4, -0.2) is 49.0 Å². The molecule has 1 aliphatic heterocycles. The van der Waals surface area contributed by atoms with Gasteiger partial charge in [-0.3, -0.25) is 14.9 Å². The normalized spacial score (nSPS) is 16.4. The lowest BCUT2D eigenvalue weighted by Crippen LogP contribution is -2.44. The number of piperazine rings is 1. The second-order valence-corrected chi connectivity index (χ2v) is 4.61. The first kappa shape index (κ1) is 13.3. The van der Waals surface area contributed by atoms with E-state index < -0.39 is 10.8 Å². The highest BCUT2D eigenvalue weighted by molar-refractivity contribution is 5.97. The average molecular weight is 264 g/mol. The van der Waals surface area contributed by atoms with Gasteiger partial charge in [-0.25, -0.2) is 0 Å². The van der Waals surface area contributed by atoms with Crippen LogP contribution in [0.2, 0.25) is 0 Å². The summed E-state index contributed by atoms with van der Waals surface area (Å²) < 4.78 is 0. The monoisotopic (exact) mass is 264 g/mol. The van der Waals surface area contributed by atoms with E-state index in [1.807, 2.05) is 7.05 Å². The number of primary amides is 1. The first-order chi connectivity index (χ1) is 8.99. The van der Waals surface area contributed by atoms with Crippen molar-refractivity contribution in [1.82, 2.24) is 4.90 Å². The van der Waals surface area contributed by atoms with Crippen molar-refractivity contribution in [1.29, 1.82) is 0 Å². The maximum atomic E-state index is 11.2. The summed E-state index contributed by atoms with van der Waals surface area (Å²) >= 11 is 0. The minimum atomic E-state index is -0.781. The first-order valence-corrected chi connectivity index (χ1v) is 6.01. The summed E-state index contributed by atoms with van der Waals surface area (Å²) in [5.41, 5.74) is 5.60. The average Bonchev–Trinajstić information content (AvgIpc) is 2.38. The van der Waals surface area contributed by atoms with Gasteiger partial charge < -0.3 is 15.5 Å². The van der Waals surface area contributed by atoms with Crippen molar-refractivity contribution in [3.63, 3.8) is 0 Å². The van der Waals surface area contributed by atoms with Crippen molar-refractivity contribution in [2.75, 3.05) is 38.1 Å². The number of carbonyl (C=O) groups excluding carboxylic acids is 1.